The van der Waals surface area contributed by atoms with Crippen LogP contribution in [0, 0.1) is 102 Å². The van der Waals surface area contributed by atoms with Gasteiger partial charge in [0.2, 0.25) is 94.5 Å². The zero-order valence-electron chi connectivity index (χ0n) is 70.5. The molecule has 0 N–H and O–H groups in total. The number of nitrogens with zero attached hydrogens (tertiary/aromatic N) is 8. The van der Waals surface area contributed by atoms with Crippen LogP contribution in [0.15, 0.2) is 164 Å². The second-order valence-electron chi connectivity index (χ2n) is 35.1. The summed E-state index contributed by atoms with van der Waals surface area (Å²) in [5.74, 6) is -29.8. The Balaban J connectivity index is 0.537. The number of ether oxygens (including phenoxy) is 5. The summed E-state index contributed by atoms with van der Waals surface area (Å²) in [4.78, 5) is 248. The molecular formula is C98H90N8O22. The van der Waals surface area contributed by atoms with Gasteiger partial charge >= 0.3 is 0 Å². The number of hydrogen-bond acceptors (Lipinski definition) is 22. The van der Waals surface area contributed by atoms with Gasteiger partial charge in [0.1, 0.15) is 28.7 Å². The van der Waals surface area contributed by atoms with Crippen molar-refractivity contribution in [2.75, 3.05) is 76.5 Å². The molecule has 16 unspecified atom stereocenters. The molecule has 0 aromatic heterocycles. The monoisotopic (exact) mass is 1730 g/mol. The maximum atomic E-state index is 15.1. The predicted octanol–water partition coefficient (Wildman–Crippen LogP) is 10.1. The van der Waals surface area contributed by atoms with Crippen LogP contribution < -0.4 is 53.1 Å². The Morgan fingerprint density at radius 1 is 0.281 bits per heavy atom. The van der Waals surface area contributed by atoms with Crippen LogP contribution in [-0.2, 0) is 76.7 Å². The van der Waals surface area contributed by atoms with Crippen molar-refractivity contribution in [2.45, 2.75) is 90.9 Å². The number of likely N-dealkylation sites (tertiary alicyclic amines) is 2. The van der Waals surface area contributed by atoms with Crippen LogP contribution >= 0.6 is 0 Å². The van der Waals surface area contributed by atoms with Gasteiger partial charge in [0.25, 0.3) is 0 Å². The number of aryl methyl sites for hydroxylation is 1. The molecule has 7 aromatic carbocycles. The highest BCUT2D eigenvalue weighted by Gasteiger charge is 2.78. The van der Waals surface area contributed by atoms with Gasteiger partial charge in [0.15, 0.2) is 5.78 Å². The summed E-state index contributed by atoms with van der Waals surface area (Å²) in [7, 11) is 2.61. The summed E-state index contributed by atoms with van der Waals surface area (Å²) in [6.45, 7) is 4.70. The Hall–Kier alpha value is -13.9. The van der Waals surface area contributed by atoms with Crippen LogP contribution in [0.4, 0.5) is 34.1 Å². The topological polar surface area (TPSA) is 362 Å². The highest BCUT2D eigenvalue weighted by atomic mass is 16.5. The number of hydrogen-bond donors (Lipinski definition) is 0. The first-order chi connectivity index (χ1) is 61.9. The van der Waals surface area contributed by atoms with Crippen molar-refractivity contribution < 1.29 is 105 Å². The first-order valence-electron chi connectivity index (χ1n) is 43.9. The molecule has 7 aromatic rings. The van der Waals surface area contributed by atoms with Crippen LogP contribution in [0.2, 0.25) is 0 Å². The Morgan fingerprint density at radius 2 is 0.547 bits per heavy atom. The fourth-order valence-corrected chi connectivity index (χ4v) is 21.4. The molecule has 30 nitrogen and oxygen atoms in total. The molecular weight excluding hydrogens is 1640 g/mol. The van der Waals surface area contributed by atoms with Crippen molar-refractivity contribution in [3.8, 4) is 39.9 Å². The number of benzene rings is 7. The minimum atomic E-state index is -1.39. The summed E-state index contributed by atoms with van der Waals surface area (Å²) in [5, 5.41) is 0. The molecule has 8 heterocycles. The molecule has 8 saturated heterocycles. The van der Waals surface area contributed by atoms with Crippen molar-refractivity contribution in [1.82, 2.24) is 9.80 Å². The molecule has 654 valence electrons. The summed E-state index contributed by atoms with van der Waals surface area (Å²) in [6, 6.07) is 42.6. The molecule has 12 fully saturated rings. The lowest BCUT2D eigenvalue weighted by Crippen LogP contribution is -2.50. The number of imide groups is 8. The molecule has 8 aliphatic heterocycles. The highest BCUT2D eigenvalue weighted by Crippen LogP contribution is 2.63. The van der Waals surface area contributed by atoms with Crippen LogP contribution in [0.25, 0.3) is 17.2 Å². The first kappa shape index (κ1) is 83.6. The Kier molecular flexibility index (Phi) is 21.6. The largest absolute Gasteiger partial charge is 0.494 e. The maximum absolute atomic E-state index is 15.1. The van der Waals surface area contributed by atoms with E-state index in [4.69, 9.17) is 23.7 Å². The molecule has 0 bridgehead atoms. The van der Waals surface area contributed by atoms with Gasteiger partial charge in [-0.15, -0.1) is 0 Å². The first-order valence-corrected chi connectivity index (χ1v) is 43.9. The maximum Gasteiger partial charge on any atom is 0.238 e. The lowest BCUT2D eigenvalue weighted by atomic mass is 9.59. The number of carbonyl (C=O) groups excluding carboxylic acids is 17. The number of allylic oxidation sites excluding steroid dienone is 1. The van der Waals surface area contributed by atoms with Gasteiger partial charge in [0.05, 0.1) is 162 Å². The van der Waals surface area contributed by atoms with Crippen LogP contribution in [0.1, 0.15) is 105 Å². The normalized spacial score (nSPS) is 26.8. The van der Waals surface area contributed by atoms with E-state index in [0.29, 0.717) is 35.0 Å². The fraction of sp³-hybridized carbons (Fsp3) is 0.378. The van der Waals surface area contributed by atoms with Gasteiger partial charge < -0.3 is 23.7 Å². The lowest BCUT2D eigenvalue weighted by molar-refractivity contribution is -0.146. The van der Waals surface area contributed by atoms with E-state index >= 15 is 19.2 Å². The summed E-state index contributed by atoms with van der Waals surface area (Å²) in [6.07, 6.45) is 15.8. The summed E-state index contributed by atoms with van der Waals surface area (Å²) >= 11 is 0. The second-order valence-corrected chi connectivity index (χ2v) is 35.1. The third-order valence-corrected chi connectivity index (χ3v) is 28.1. The van der Waals surface area contributed by atoms with Gasteiger partial charge in [0, 0.05) is 44.6 Å². The zero-order chi connectivity index (χ0) is 89.3. The minimum absolute atomic E-state index is 0.00997. The van der Waals surface area contributed by atoms with E-state index in [9.17, 15) is 62.3 Å². The SMILES string of the molecule is CCCCCCCCCCCCOc1ccc(C(=O)/C=C/c2ccc(OCCCOc3cc(N4C(=O)C5C(C4=O)C4C(=O)N(c6ccc(N7C(=O)C8C9C(=O)N(C)C(=O)C9C8C7=O)cc6OCCCOc6ccc(-c7ccc(C)cc7)cc6)C(=O)C54)ccc3N3C(=O)C4C5C(=O)N(c6ccc(N7C(=O)C8C9C(=O)N(C)C(=O)C9C8C7=O)cc6)C(=O)C5C4C3=O)cc2)cc1. The van der Waals surface area contributed by atoms with Gasteiger partial charge in [-0.3, -0.25) is 101 Å². The summed E-state index contributed by atoms with van der Waals surface area (Å²) in [5.41, 5.74) is 3.90. The predicted molar refractivity (Wildman–Crippen MR) is 457 cm³/mol. The number of unbranched alkanes of at least 4 members (excludes halogenated alkanes) is 9. The number of anilines is 6. The fourth-order valence-electron chi connectivity index (χ4n) is 21.4. The molecule has 128 heavy (non-hydrogen) atoms. The number of amides is 16. The number of rotatable bonds is 34. The molecule has 4 aliphatic carbocycles. The van der Waals surface area contributed by atoms with Gasteiger partial charge in [-0.2, -0.15) is 0 Å². The molecule has 19 rings (SSSR count). The molecule has 0 spiro atoms. The third kappa shape index (κ3) is 13.5. The van der Waals surface area contributed by atoms with E-state index in [0.717, 1.165) is 68.7 Å². The molecule has 16 atom stereocenters. The zero-order valence-corrected chi connectivity index (χ0v) is 70.5. The third-order valence-electron chi connectivity index (χ3n) is 28.1. The second kappa shape index (κ2) is 33.1. The van der Waals surface area contributed by atoms with Gasteiger partial charge in [-0.05, 0) is 133 Å². The van der Waals surface area contributed by atoms with Crippen molar-refractivity contribution >= 4 is 140 Å². The van der Waals surface area contributed by atoms with E-state index in [1.807, 2.05) is 55.5 Å². The molecule has 4 saturated carbocycles. The van der Waals surface area contributed by atoms with E-state index in [1.165, 1.54) is 132 Å². The minimum Gasteiger partial charge on any atom is -0.494 e. The van der Waals surface area contributed by atoms with Crippen molar-refractivity contribution in [3.63, 3.8) is 0 Å². The van der Waals surface area contributed by atoms with Crippen LogP contribution in [0.5, 0.6) is 28.7 Å². The number of carbonyl (C=O) groups is 17. The van der Waals surface area contributed by atoms with Crippen LogP contribution in [0.3, 0.4) is 0 Å². The highest BCUT2D eigenvalue weighted by molar-refractivity contribution is 6.35. The van der Waals surface area contributed by atoms with Crippen molar-refractivity contribution in [3.05, 3.63) is 180 Å². The Bertz CT molecular complexity index is 5790. The standard InChI is InChI=1S/C98H90N8O22/c1-5-6-7-8-9-10-11-12-13-14-43-124-61-38-26-54(27-39-61)64(107)42-21-51-19-34-59(35-20-51)125-44-15-46-127-66-49-58(33-41-62(66)105-95(120)79-75-76(80(79)96(105)121)90(115)102(89(75)114)56-30-28-55(29-31-56)101-87(112)71-67-68(72(71)88(101)113)84(109)99(3)83(67)108)104-93(118)77-78(94(104)119)82-81(77)97(122)106(98(82)123)63-40-32-57(103-91(116)73-69-70(74(73)92(103)117)86(111)100(4)85(69)110)48-65(63)128-47-16-45-126-60-36-24-53(25-37-60)52-22-17-50(2)18-23-52/h17-42,48-49,67-82H,5-16,43-47H2,1-4H3/b42-21+. The smallest absolute Gasteiger partial charge is 0.238 e. The molecule has 16 amide bonds. The van der Waals surface area contributed by atoms with Crippen molar-refractivity contribution in [2.24, 2.45) is 94.7 Å². The average Bonchev–Trinajstić information content (AvgIpc) is 1.49. The van der Waals surface area contributed by atoms with E-state index < -0.39 is 189 Å². The quantitative estimate of drug-likeness (QED) is 0.0156. The number of ketones is 1. The van der Waals surface area contributed by atoms with Gasteiger partial charge in [-0.1, -0.05) is 125 Å². The van der Waals surface area contributed by atoms with Crippen molar-refractivity contribution in [1.29, 1.82) is 0 Å². The number of fused-ring (bicyclic) bond motifs is 16. The van der Waals surface area contributed by atoms with Crippen LogP contribution in [-0.4, -0.2) is 157 Å². The Morgan fingerprint density at radius 3 is 0.891 bits per heavy atom. The summed E-state index contributed by atoms with van der Waals surface area (Å²) < 4.78 is 30.9. The van der Waals surface area contributed by atoms with E-state index in [-0.39, 0.29) is 90.7 Å². The van der Waals surface area contributed by atoms with E-state index in [1.54, 1.807) is 54.6 Å². The average molecular weight is 1730 g/mol. The molecule has 0 radical (unpaired) electrons. The van der Waals surface area contributed by atoms with Gasteiger partial charge in [-0.25, -0.2) is 19.6 Å². The lowest BCUT2D eigenvalue weighted by Gasteiger charge is -2.36. The Labute approximate surface area is 734 Å². The molecule has 12 aliphatic rings. The van der Waals surface area contributed by atoms with E-state index in [2.05, 4.69) is 6.92 Å². The molecule has 30 heteroatoms.